The predicted molar refractivity (Wildman–Crippen MR) is 79.4 cm³/mol. The van der Waals surface area contributed by atoms with Crippen LogP contribution in [0.25, 0.3) is 5.57 Å². The Bertz CT molecular complexity index is 706. The first kappa shape index (κ1) is 14.5. The van der Waals surface area contributed by atoms with Crippen LogP contribution in [0.2, 0.25) is 0 Å². The van der Waals surface area contributed by atoms with Gasteiger partial charge in [0.25, 0.3) is 5.89 Å². The highest BCUT2D eigenvalue weighted by atomic mass is 16.5. The third kappa shape index (κ3) is 2.92. The Morgan fingerprint density at radius 3 is 2.86 bits per heavy atom. The standard InChI is InChI=1S/C16H17N3O3/c1-10-14(11-6-4-3-5-7-11)15(10)16(20)17-8-12-18-13(9-21-2)22-19-12/h3-7,15H,8-9H2,1-2H3,(H,17,20)/t15-/m1/s1. The number of rotatable bonds is 6. The molecule has 0 spiro atoms. The molecule has 1 amide bonds. The van der Waals surface area contributed by atoms with Crippen LogP contribution < -0.4 is 5.32 Å². The topological polar surface area (TPSA) is 77.2 Å². The minimum absolute atomic E-state index is 0.0329. The molecule has 1 heterocycles. The summed E-state index contributed by atoms with van der Waals surface area (Å²) in [4.78, 5) is 16.4. The Morgan fingerprint density at radius 2 is 2.14 bits per heavy atom. The lowest BCUT2D eigenvalue weighted by molar-refractivity contribution is -0.121. The molecule has 0 unspecified atom stereocenters. The van der Waals surface area contributed by atoms with E-state index in [1.165, 1.54) is 0 Å². The van der Waals surface area contributed by atoms with Crippen molar-refractivity contribution in [1.29, 1.82) is 0 Å². The van der Waals surface area contributed by atoms with E-state index >= 15 is 0 Å². The zero-order valence-corrected chi connectivity index (χ0v) is 12.5. The van der Waals surface area contributed by atoms with Gasteiger partial charge in [0.15, 0.2) is 5.82 Å². The fraction of sp³-hybridized carbons (Fsp3) is 0.312. The molecule has 0 fully saturated rings. The van der Waals surface area contributed by atoms with Gasteiger partial charge in [-0.15, -0.1) is 0 Å². The lowest BCUT2D eigenvalue weighted by atomic mass is 10.1. The van der Waals surface area contributed by atoms with Gasteiger partial charge in [-0.3, -0.25) is 4.79 Å². The average Bonchev–Trinajstić information content (AvgIpc) is 3.00. The number of hydrogen-bond acceptors (Lipinski definition) is 5. The van der Waals surface area contributed by atoms with Crippen molar-refractivity contribution < 1.29 is 14.1 Å². The van der Waals surface area contributed by atoms with E-state index in [0.717, 1.165) is 16.7 Å². The highest BCUT2D eigenvalue weighted by molar-refractivity contribution is 6.05. The number of carbonyl (C=O) groups is 1. The van der Waals surface area contributed by atoms with Gasteiger partial charge in [-0.05, 0) is 18.1 Å². The monoisotopic (exact) mass is 299 g/mol. The Hall–Kier alpha value is -2.47. The van der Waals surface area contributed by atoms with Gasteiger partial charge >= 0.3 is 0 Å². The summed E-state index contributed by atoms with van der Waals surface area (Å²) in [6.45, 7) is 2.50. The minimum atomic E-state index is -0.146. The molecule has 0 saturated heterocycles. The average molecular weight is 299 g/mol. The summed E-state index contributed by atoms with van der Waals surface area (Å²) in [5.74, 6) is 0.666. The molecule has 0 aliphatic heterocycles. The number of carbonyl (C=O) groups excluding carboxylic acids is 1. The lowest BCUT2D eigenvalue weighted by Gasteiger charge is -2.03. The van der Waals surface area contributed by atoms with Crippen LogP contribution in [0.1, 0.15) is 24.2 Å². The highest BCUT2D eigenvalue weighted by Gasteiger charge is 2.39. The first-order valence-corrected chi connectivity index (χ1v) is 7.05. The number of ether oxygens (including phenoxy) is 1. The van der Waals surface area contributed by atoms with Crippen LogP contribution >= 0.6 is 0 Å². The summed E-state index contributed by atoms with van der Waals surface area (Å²) >= 11 is 0. The summed E-state index contributed by atoms with van der Waals surface area (Å²) in [5, 5.41) is 6.63. The van der Waals surface area contributed by atoms with Crippen molar-refractivity contribution in [2.24, 2.45) is 5.92 Å². The maximum absolute atomic E-state index is 12.2. The molecule has 1 atom stereocenters. The van der Waals surface area contributed by atoms with Crippen LogP contribution in [0.15, 0.2) is 40.4 Å². The molecule has 0 saturated carbocycles. The molecule has 1 aliphatic rings. The summed E-state index contributed by atoms with van der Waals surface area (Å²) in [5.41, 5.74) is 3.31. The lowest BCUT2D eigenvalue weighted by Crippen LogP contribution is -2.26. The molecule has 1 N–H and O–H groups in total. The number of methoxy groups -OCH3 is 1. The summed E-state index contributed by atoms with van der Waals surface area (Å²) in [7, 11) is 1.55. The van der Waals surface area contributed by atoms with Crippen molar-refractivity contribution in [3.8, 4) is 0 Å². The molecule has 2 aromatic rings. The van der Waals surface area contributed by atoms with Crippen molar-refractivity contribution >= 4 is 11.5 Å². The van der Waals surface area contributed by atoms with Crippen molar-refractivity contribution in [1.82, 2.24) is 15.5 Å². The Labute approximate surface area is 128 Å². The normalized spacial score (nSPS) is 16.7. The SMILES string of the molecule is COCc1nc(CNC(=O)[C@@H]2C(C)=C2c2ccccc2)no1. The fourth-order valence-corrected chi connectivity index (χ4v) is 2.48. The van der Waals surface area contributed by atoms with E-state index in [9.17, 15) is 4.79 Å². The third-order valence-corrected chi connectivity index (χ3v) is 3.61. The molecule has 1 aromatic heterocycles. The van der Waals surface area contributed by atoms with Gasteiger partial charge in [0.05, 0.1) is 12.5 Å². The number of nitrogens with zero attached hydrogens (tertiary/aromatic N) is 2. The van der Waals surface area contributed by atoms with Crippen LogP contribution in [0, 0.1) is 5.92 Å². The number of aromatic nitrogens is 2. The van der Waals surface area contributed by atoms with Gasteiger partial charge in [0.1, 0.15) is 6.61 Å². The van der Waals surface area contributed by atoms with Crippen LogP contribution in [-0.4, -0.2) is 23.2 Å². The first-order chi connectivity index (χ1) is 10.7. The second-order valence-corrected chi connectivity index (χ2v) is 5.15. The third-order valence-electron chi connectivity index (χ3n) is 3.61. The van der Waals surface area contributed by atoms with Gasteiger partial charge in [-0.25, -0.2) is 0 Å². The molecule has 1 aromatic carbocycles. The van der Waals surface area contributed by atoms with E-state index in [0.29, 0.717) is 11.7 Å². The molecule has 22 heavy (non-hydrogen) atoms. The predicted octanol–water partition coefficient (Wildman–Crippen LogP) is 1.94. The van der Waals surface area contributed by atoms with Crippen molar-refractivity contribution in [2.45, 2.75) is 20.1 Å². The molecular formula is C16H17N3O3. The van der Waals surface area contributed by atoms with Crippen LogP contribution in [-0.2, 0) is 22.7 Å². The molecule has 6 nitrogen and oxygen atoms in total. The number of amides is 1. The van der Waals surface area contributed by atoms with Crippen molar-refractivity contribution in [2.75, 3.05) is 7.11 Å². The highest BCUT2D eigenvalue weighted by Crippen LogP contribution is 2.46. The van der Waals surface area contributed by atoms with Crippen LogP contribution in [0.3, 0.4) is 0 Å². The first-order valence-electron chi connectivity index (χ1n) is 7.05. The van der Waals surface area contributed by atoms with E-state index in [1.807, 2.05) is 37.3 Å². The Kier molecular flexibility index (Phi) is 4.02. The molecule has 1 aliphatic carbocycles. The van der Waals surface area contributed by atoms with E-state index in [1.54, 1.807) is 7.11 Å². The minimum Gasteiger partial charge on any atom is -0.375 e. The summed E-state index contributed by atoms with van der Waals surface area (Å²) in [6, 6.07) is 9.94. The molecule has 0 radical (unpaired) electrons. The van der Waals surface area contributed by atoms with E-state index in [-0.39, 0.29) is 25.0 Å². The molecule has 3 rings (SSSR count). The smallest absolute Gasteiger partial charge is 0.252 e. The molecule has 6 heteroatoms. The number of hydrogen-bond donors (Lipinski definition) is 1. The van der Waals surface area contributed by atoms with E-state index in [2.05, 4.69) is 15.5 Å². The number of benzene rings is 1. The van der Waals surface area contributed by atoms with Crippen molar-refractivity contribution in [3.05, 3.63) is 53.2 Å². The largest absolute Gasteiger partial charge is 0.375 e. The second kappa shape index (κ2) is 6.11. The number of nitrogens with one attached hydrogen (secondary N) is 1. The summed E-state index contributed by atoms with van der Waals surface area (Å²) in [6.07, 6.45) is 0. The van der Waals surface area contributed by atoms with Gasteiger partial charge in [-0.1, -0.05) is 41.1 Å². The zero-order chi connectivity index (χ0) is 15.5. The quantitative estimate of drug-likeness (QED) is 0.882. The second-order valence-electron chi connectivity index (χ2n) is 5.15. The Morgan fingerprint density at radius 1 is 1.36 bits per heavy atom. The maximum atomic E-state index is 12.2. The van der Waals surface area contributed by atoms with E-state index in [4.69, 9.17) is 9.26 Å². The van der Waals surface area contributed by atoms with Gasteiger partial charge in [-0.2, -0.15) is 4.98 Å². The Balaban J connectivity index is 1.55. The molecule has 0 bridgehead atoms. The molecular weight excluding hydrogens is 282 g/mol. The maximum Gasteiger partial charge on any atom is 0.252 e. The van der Waals surface area contributed by atoms with Crippen molar-refractivity contribution in [3.63, 3.8) is 0 Å². The zero-order valence-electron chi connectivity index (χ0n) is 12.5. The van der Waals surface area contributed by atoms with Gasteiger partial charge in [0.2, 0.25) is 5.91 Å². The van der Waals surface area contributed by atoms with Crippen LogP contribution in [0.4, 0.5) is 0 Å². The van der Waals surface area contributed by atoms with Gasteiger partial charge < -0.3 is 14.6 Å². The summed E-state index contributed by atoms with van der Waals surface area (Å²) < 4.78 is 9.88. The van der Waals surface area contributed by atoms with E-state index < -0.39 is 0 Å². The fourth-order valence-electron chi connectivity index (χ4n) is 2.48. The molecule has 114 valence electrons. The van der Waals surface area contributed by atoms with Gasteiger partial charge in [0, 0.05) is 7.11 Å². The van der Waals surface area contributed by atoms with Crippen LogP contribution in [0.5, 0.6) is 0 Å².